The van der Waals surface area contributed by atoms with Gasteiger partial charge in [0.05, 0.1) is 19.4 Å². The second kappa shape index (κ2) is 10.0. The first-order valence-electron chi connectivity index (χ1n) is 10.3. The molecule has 1 aliphatic heterocycles. The summed E-state index contributed by atoms with van der Waals surface area (Å²) in [7, 11) is 1.58. The summed E-state index contributed by atoms with van der Waals surface area (Å²) in [4.78, 5) is 26.3. The molecule has 0 spiro atoms. The van der Waals surface area contributed by atoms with E-state index in [-0.39, 0.29) is 18.4 Å². The van der Waals surface area contributed by atoms with Crippen molar-refractivity contribution >= 4 is 29.3 Å². The minimum absolute atomic E-state index is 0.00338. The standard InChI is InChI=1S/C24H28N2O5/c1-5-30-20-10-6-17(12-22(20)29-4)7-11-23(27)25-18-8-9-19-21(13-18)31-15-24(28)26(19)14-16(2)3/h6-13,16H,5,14-15H2,1-4H3,(H,25,27)/b11-7+. The number of amides is 2. The monoisotopic (exact) mass is 424 g/mol. The molecule has 7 nitrogen and oxygen atoms in total. The highest BCUT2D eigenvalue weighted by Crippen LogP contribution is 2.35. The molecular formula is C24H28N2O5. The number of anilines is 2. The van der Waals surface area contributed by atoms with E-state index in [4.69, 9.17) is 14.2 Å². The van der Waals surface area contributed by atoms with Crippen LogP contribution in [0.4, 0.5) is 11.4 Å². The SMILES string of the molecule is CCOc1ccc(/C=C/C(=O)Nc2ccc3c(c2)OCC(=O)N3CC(C)C)cc1OC. The van der Waals surface area contributed by atoms with Gasteiger partial charge in [-0.15, -0.1) is 0 Å². The van der Waals surface area contributed by atoms with Crippen LogP contribution in [0.1, 0.15) is 26.3 Å². The van der Waals surface area contributed by atoms with E-state index in [9.17, 15) is 9.59 Å². The summed E-state index contributed by atoms with van der Waals surface area (Å²) < 4.78 is 16.4. The molecule has 0 atom stereocenters. The zero-order valence-electron chi connectivity index (χ0n) is 18.3. The number of benzene rings is 2. The van der Waals surface area contributed by atoms with Crippen molar-refractivity contribution in [2.45, 2.75) is 20.8 Å². The fourth-order valence-corrected chi connectivity index (χ4v) is 3.27. The summed E-state index contributed by atoms with van der Waals surface area (Å²) in [5.41, 5.74) is 2.13. The van der Waals surface area contributed by atoms with Crippen LogP contribution in [0.2, 0.25) is 0 Å². The first-order chi connectivity index (χ1) is 14.9. The molecule has 1 heterocycles. The van der Waals surface area contributed by atoms with Gasteiger partial charge in [0.15, 0.2) is 18.1 Å². The van der Waals surface area contributed by atoms with Crippen molar-refractivity contribution < 1.29 is 23.8 Å². The minimum Gasteiger partial charge on any atom is -0.493 e. The molecule has 2 amide bonds. The predicted molar refractivity (Wildman–Crippen MR) is 121 cm³/mol. The highest BCUT2D eigenvalue weighted by atomic mass is 16.5. The van der Waals surface area contributed by atoms with Gasteiger partial charge in [0.1, 0.15) is 5.75 Å². The second-order valence-corrected chi connectivity index (χ2v) is 7.54. The van der Waals surface area contributed by atoms with Crippen molar-refractivity contribution in [3.8, 4) is 17.2 Å². The molecule has 1 aliphatic rings. The van der Waals surface area contributed by atoms with E-state index in [0.717, 1.165) is 11.3 Å². The summed E-state index contributed by atoms with van der Waals surface area (Å²) in [6.07, 6.45) is 3.15. The van der Waals surface area contributed by atoms with Crippen LogP contribution in [-0.4, -0.2) is 38.7 Å². The first kappa shape index (κ1) is 22.2. The number of rotatable bonds is 8. The molecule has 3 rings (SSSR count). The molecule has 1 N–H and O–H groups in total. The molecule has 0 aliphatic carbocycles. The van der Waals surface area contributed by atoms with E-state index >= 15 is 0 Å². The minimum atomic E-state index is -0.279. The Morgan fingerprint density at radius 2 is 2.03 bits per heavy atom. The smallest absolute Gasteiger partial charge is 0.265 e. The van der Waals surface area contributed by atoms with Crippen LogP contribution in [-0.2, 0) is 9.59 Å². The Bertz CT molecular complexity index is 984. The van der Waals surface area contributed by atoms with Gasteiger partial charge in [-0.2, -0.15) is 0 Å². The zero-order chi connectivity index (χ0) is 22.4. The topological polar surface area (TPSA) is 77.1 Å². The Morgan fingerprint density at radius 3 is 2.74 bits per heavy atom. The largest absolute Gasteiger partial charge is 0.493 e. The Morgan fingerprint density at radius 1 is 1.23 bits per heavy atom. The quantitative estimate of drug-likeness (QED) is 0.645. The Hall–Kier alpha value is -3.48. The van der Waals surface area contributed by atoms with E-state index in [1.807, 2.05) is 25.1 Å². The lowest BCUT2D eigenvalue weighted by molar-refractivity contribution is -0.121. The molecule has 2 aromatic carbocycles. The third-order valence-electron chi connectivity index (χ3n) is 4.63. The predicted octanol–water partition coefficient (Wildman–Crippen LogP) is 4.13. The maximum Gasteiger partial charge on any atom is 0.265 e. The van der Waals surface area contributed by atoms with E-state index in [2.05, 4.69) is 19.2 Å². The van der Waals surface area contributed by atoms with E-state index in [1.165, 1.54) is 6.08 Å². The average molecular weight is 424 g/mol. The van der Waals surface area contributed by atoms with Gasteiger partial charge in [-0.05, 0) is 48.7 Å². The van der Waals surface area contributed by atoms with Gasteiger partial charge in [-0.25, -0.2) is 0 Å². The molecule has 164 valence electrons. The van der Waals surface area contributed by atoms with Gasteiger partial charge < -0.3 is 24.4 Å². The van der Waals surface area contributed by atoms with Crippen LogP contribution in [0.25, 0.3) is 6.08 Å². The summed E-state index contributed by atoms with van der Waals surface area (Å²) in [5, 5.41) is 2.82. The number of carbonyl (C=O) groups is 2. The zero-order valence-corrected chi connectivity index (χ0v) is 18.3. The number of ether oxygens (including phenoxy) is 3. The normalized spacial score (nSPS) is 13.2. The van der Waals surface area contributed by atoms with Crippen molar-refractivity contribution in [2.75, 3.05) is 37.1 Å². The molecule has 0 saturated heterocycles. The van der Waals surface area contributed by atoms with E-state index in [0.29, 0.717) is 42.0 Å². The molecule has 0 bridgehead atoms. The number of nitrogens with one attached hydrogen (secondary N) is 1. The van der Waals surface area contributed by atoms with Crippen LogP contribution in [0, 0.1) is 5.92 Å². The Balaban J connectivity index is 1.69. The van der Waals surface area contributed by atoms with Crippen molar-refractivity contribution in [3.63, 3.8) is 0 Å². The fourth-order valence-electron chi connectivity index (χ4n) is 3.27. The van der Waals surface area contributed by atoms with Crippen LogP contribution >= 0.6 is 0 Å². The molecule has 7 heteroatoms. The lowest BCUT2D eigenvalue weighted by atomic mass is 10.1. The molecule has 2 aromatic rings. The third kappa shape index (κ3) is 5.57. The summed E-state index contributed by atoms with van der Waals surface area (Å²) in [6, 6.07) is 10.8. The third-order valence-corrected chi connectivity index (χ3v) is 4.63. The van der Waals surface area contributed by atoms with Gasteiger partial charge in [0.2, 0.25) is 5.91 Å². The highest BCUT2D eigenvalue weighted by molar-refractivity contribution is 6.03. The molecule has 0 aromatic heterocycles. The fraction of sp³-hybridized carbons (Fsp3) is 0.333. The number of nitrogens with zero attached hydrogens (tertiary/aromatic N) is 1. The number of hydrogen-bond acceptors (Lipinski definition) is 5. The lowest BCUT2D eigenvalue weighted by Gasteiger charge is -2.30. The van der Waals surface area contributed by atoms with Crippen molar-refractivity contribution in [1.82, 2.24) is 0 Å². The van der Waals surface area contributed by atoms with Crippen LogP contribution in [0.5, 0.6) is 17.2 Å². The molecule has 0 fully saturated rings. The molecular weight excluding hydrogens is 396 g/mol. The number of carbonyl (C=O) groups excluding carboxylic acids is 2. The maximum absolute atomic E-state index is 12.4. The molecule has 31 heavy (non-hydrogen) atoms. The number of methoxy groups -OCH3 is 1. The number of fused-ring (bicyclic) bond motifs is 1. The molecule has 0 radical (unpaired) electrons. The maximum atomic E-state index is 12.4. The van der Waals surface area contributed by atoms with Crippen LogP contribution in [0.3, 0.4) is 0 Å². The Labute approximate surface area is 182 Å². The van der Waals surface area contributed by atoms with Gasteiger partial charge >= 0.3 is 0 Å². The Kier molecular flexibility index (Phi) is 7.18. The van der Waals surface area contributed by atoms with Crippen LogP contribution in [0.15, 0.2) is 42.5 Å². The van der Waals surface area contributed by atoms with E-state index < -0.39 is 0 Å². The first-order valence-corrected chi connectivity index (χ1v) is 10.3. The summed E-state index contributed by atoms with van der Waals surface area (Å²) in [6.45, 7) is 7.18. The summed E-state index contributed by atoms with van der Waals surface area (Å²) in [5.74, 6) is 1.84. The van der Waals surface area contributed by atoms with Crippen molar-refractivity contribution in [2.24, 2.45) is 5.92 Å². The van der Waals surface area contributed by atoms with Crippen molar-refractivity contribution in [3.05, 3.63) is 48.0 Å². The van der Waals surface area contributed by atoms with E-state index in [1.54, 1.807) is 36.3 Å². The second-order valence-electron chi connectivity index (χ2n) is 7.54. The molecule has 0 unspecified atom stereocenters. The number of hydrogen-bond donors (Lipinski definition) is 1. The summed E-state index contributed by atoms with van der Waals surface area (Å²) >= 11 is 0. The van der Waals surface area contributed by atoms with Crippen LogP contribution < -0.4 is 24.4 Å². The average Bonchev–Trinajstić information content (AvgIpc) is 2.75. The van der Waals surface area contributed by atoms with Gasteiger partial charge in [-0.1, -0.05) is 19.9 Å². The molecule has 0 saturated carbocycles. The van der Waals surface area contributed by atoms with Gasteiger partial charge in [-0.3, -0.25) is 9.59 Å². The van der Waals surface area contributed by atoms with Gasteiger partial charge in [0, 0.05) is 24.4 Å². The van der Waals surface area contributed by atoms with Gasteiger partial charge in [0.25, 0.3) is 5.91 Å². The lowest BCUT2D eigenvalue weighted by Crippen LogP contribution is -2.40. The van der Waals surface area contributed by atoms with Crippen molar-refractivity contribution in [1.29, 1.82) is 0 Å². The highest BCUT2D eigenvalue weighted by Gasteiger charge is 2.26.